The molecule has 3 saturated carbocycles. The van der Waals surface area contributed by atoms with E-state index in [4.69, 9.17) is 9.72 Å². The first kappa shape index (κ1) is 29.1. The summed E-state index contributed by atoms with van der Waals surface area (Å²) in [7, 11) is 0. The Morgan fingerprint density at radius 3 is 2.55 bits per heavy atom. The smallest absolute Gasteiger partial charge is 0.410 e. The molecule has 9 nitrogen and oxygen atoms in total. The Bertz CT molecular complexity index is 1500. The van der Waals surface area contributed by atoms with Crippen LogP contribution in [0.25, 0.3) is 11.3 Å². The summed E-state index contributed by atoms with van der Waals surface area (Å²) in [6.07, 6.45) is 12.6. The molecule has 7 rings (SSSR count). The van der Waals surface area contributed by atoms with E-state index in [1.165, 1.54) is 5.56 Å². The van der Waals surface area contributed by atoms with Crippen LogP contribution in [0.4, 0.5) is 19.3 Å². The average molecular weight is 606 g/mol. The Kier molecular flexibility index (Phi) is 7.12. The van der Waals surface area contributed by atoms with E-state index in [0.29, 0.717) is 29.8 Å². The molecule has 1 aliphatic heterocycles. The van der Waals surface area contributed by atoms with Gasteiger partial charge in [0, 0.05) is 50.4 Å². The topological polar surface area (TPSA) is 89.3 Å². The highest BCUT2D eigenvalue weighted by atomic mass is 19.3. The molecule has 11 heteroatoms. The van der Waals surface area contributed by atoms with Crippen LogP contribution >= 0.6 is 0 Å². The fourth-order valence-electron chi connectivity index (χ4n) is 6.67. The van der Waals surface area contributed by atoms with Crippen LogP contribution in [-0.4, -0.2) is 73.2 Å². The minimum absolute atomic E-state index is 0.0389. The summed E-state index contributed by atoms with van der Waals surface area (Å²) >= 11 is 0. The summed E-state index contributed by atoms with van der Waals surface area (Å²) in [5.74, 6) is -1.70. The van der Waals surface area contributed by atoms with E-state index in [9.17, 15) is 13.6 Å². The molecule has 0 aromatic carbocycles. The van der Waals surface area contributed by atoms with Gasteiger partial charge in [-0.15, -0.1) is 5.10 Å². The summed E-state index contributed by atoms with van der Waals surface area (Å²) in [6, 6.07) is 5.93. The Morgan fingerprint density at radius 1 is 1.09 bits per heavy atom. The number of anilines is 1. The molecule has 3 aromatic heterocycles. The number of carbonyl (C=O) groups excluding carboxylic acids is 1. The maximum atomic E-state index is 14.5. The van der Waals surface area contributed by atoms with Gasteiger partial charge >= 0.3 is 6.09 Å². The number of nitrogens with zero attached hydrogens (tertiary/aromatic N) is 7. The zero-order valence-electron chi connectivity index (χ0n) is 25.8. The highest BCUT2D eigenvalue weighted by Crippen LogP contribution is 2.53. The van der Waals surface area contributed by atoms with Gasteiger partial charge < -0.3 is 14.5 Å². The van der Waals surface area contributed by atoms with E-state index in [1.54, 1.807) is 23.3 Å². The number of rotatable bonds is 8. The molecule has 3 aliphatic carbocycles. The fraction of sp³-hybridized carbons (Fsp3) is 0.606. The normalized spacial score (nSPS) is 22.8. The fourth-order valence-corrected chi connectivity index (χ4v) is 6.67. The Morgan fingerprint density at radius 2 is 1.89 bits per heavy atom. The van der Waals surface area contributed by atoms with Gasteiger partial charge in [0.05, 0.1) is 29.8 Å². The van der Waals surface area contributed by atoms with E-state index in [-0.39, 0.29) is 25.0 Å². The van der Waals surface area contributed by atoms with Crippen molar-refractivity contribution in [2.45, 2.75) is 101 Å². The van der Waals surface area contributed by atoms with Crippen LogP contribution < -0.4 is 4.90 Å². The summed E-state index contributed by atoms with van der Waals surface area (Å²) in [5.41, 5.74) is 2.48. The molecule has 44 heavy (non-hydrogen) atoms. The van der Waals surface area contributed by atoms with E-state index in [2.05, 4.69) is 26.3 Å². The van der Waals surface area contributed by atoms with E-state index in [0.717, 1.165) is 62.9 Å². The number of alkyl halides is 2. The number of ether oxygens (including phenoxy) is 1. The molecule has 1 saturated heterocycles. The Hall–Kier alpha value is -3.63. The average Bonchev–Trinajstić information content (AvgIpc) is 3.92. The van der Waals surface area contributed by atoms with Gasteiger partial charge in [-0.2, -0.15) is 0 Å². The number of hydrogen-bond acceptors (Lipinski definition) is 7. The van der Waals surface area contributed by atoms with E-state index in [1.807, 2.05) is 44.0 Å². The maximum Gasteiger partial charge on any atom is 0.410 e. The molecule has 234 valence electrons. The number of hydrogen-bond donors (Lipinski definition) is 0. The monoisotopic (exact) mass is 605 g/mol. The second-order valence-electron chi connectivity index (χ2n) is 14.3. The summed E-state index contributed by atoms with van der Waals surface area (Å²) in [5, 5.41) is 8.69. The molecule has 4 fully saturated rings. The lowest BCUT2D eigenvalue weighted by molar-refractivity contribution is -0.141. The second kappa shape index (κ2) is 10.8. The van der Waals surface area contributed by atoms with Crippen LogP contribution in [0.3, 0.4) is 0 Å². The van der Waals surface area contributed by atoms with Crippen LogP contribution in [0.15, 0.2) is 43.0 Å². The molecule has 1 atom stereocenters. The number of pyridine rings is 2. The van der Waals surface area contributed by atoms with Gasteiger partial charge in [0.2, 0.25) is 0 Å². The molecular formula is C33H41F2N7O2. The van der Waals surface area contributed by atoms with Gasteiger partial charge in [0.15, 0.2) is 0 Å². The lowest BCUT2D eigenvalue weighted by Gasteiger charge is -2.46. The molecule has 1 amide bonds. The third-order valence-corrected chi connectivity index (χ3v) is 9.34. The molecule has 0 radical (unpaired) electrons. The third-order valence-electron chi connectivity index (χ3n) is 9.34. The van der Waals surface area contributed by atoms with Crippen molar-refractivity contribution in [3.63, 3.8) is 0 Å². The van der Waals surface area contributed by atoms with Crippen LogP contribution in [0, 0.1) is 5.92 Å². The van der Waals surface area contributed by atoms with Crippen LogP contribution in [0.2, 0.25) is 0 Å². The zero-order chi connectivity index (χ0) is 30.7. The number of amides is 1. The lowest BCUT2D eigenvalue weighted by atomic mass is 9.71. The van der Waals surface area contributed by atoms with Crippen LogP contribution in [0.5, 0.6) is 0 Å². The molecule has 4 aliphatic rings. The van der Waals surface area contributed by atoms with Crippen molar-refractivity contribution >= 4 is 11.8 Å². The van der Waals surface area contributed by atoms with Crippen molar-refractivity contribution in [2.24, 2.45) is 5.92 Å². The maximum absolute atomic E-state index is 14.5. The first-order valence-electron chi connectivity index (χ1n) is 16.0. The second-order valence-corrected chi connectivity index (χ2v) is 14.3. The number of piperidine rings is 1. The SMILES string of the molecule is CC(C)(C)OC(=O)N(CC1CC1)[C@@H]1CCCN(c2ccc(C3(n4cc(-c5cncc(C6CC6)c5)nn4)CC(F)(F)C3)nc2)C1. The van der Waals surface area contributed by atoms with Crippen molar-refractivity contribution in [3.8, 4) is 11.3 Å². The highest BCUT2D eigenvalue weighted by Gasteiger charge is 2.60. The van der Waals surface area contributed by atoms with Crippen molar-refractivity contribution in [3.05, 3.63) is 54.2 Å². The summed E-state index contributed by atoms with van der Waals surface area (Å²) in [6.45, 7) is 7.94. The molecule has 4 heterocycles. The molecule has 0 unspecified atom stereocenters. The predicted molar refractivity (Wildman–Crippen MR) is 162 cm³/mol. The summed E-state index contributed by atoms with van der Waals surface area (Å²) < 4.78 is 36.3. The van der Waals surface area contributed by atoms with Crippen molar-refractivity contribution in [1.82, 2.24) is 29.9 Å². The van der Waals surface area contributed by atoms with E-state index >= 15 is 0 Å². The Balaban J connectivity index is 1.10. The number of carbonyl (C=O) groups is 1. The highest BCUT2D eigenvalue weighted by molar-refractivity contribution is 5.69. The zero-order valence-corrected chi connectivity index (χ0v) is 25.8. The van der Waals surface area contributed by atoms with Gasteiger partial charge in [-0.1, -0.05) is 5.21 Å². The quantitative estimate of drug-likeness (QED) is 0.294. The summed E-state index contributed by atoms with van der Waals surface area (Å²) in [4.78, 5) is 26.5. The third kappa shape index (κ3) is 6.02. The van der Waals surface area contributed by atoms with Gasteiger partial charge in [0.25, 0.3) is 5.92 Å². The minimum atomic E-state index is -2.80. The van der Waals surface area contributed by atoms with Crippen LogP contribution in [-0.2, 0) is 10.3 Å². The first-order valence-corrected chi connectivity index (χ1v) is 16.0. The largest absolute Gasteiger partial charge is 0.444 e. The van der Waals surface area contributed by atoms with Crippen molar-refractivity contribution in [2.75, 3.05) is 24.5 Å². The molecular weight excluding hydrogens is 564 g/mol. The predicted octanol–water partition coefficient (Wildman–Crippen LogP) is 6.40. The Labute approximate surface area is 257 Å². The minimum Gasteiger partial charge on any atom is -0.444 e. The lowest BCUT2D eigenvalue weighted by Crippen LogP contribution is -2.54. The van der Waals surface area contributed by atoms with Crippen molar-refractivity contribution in [1.29, 1.82) is 0 Å². The van der Waals surface area contributed by atoms with Gasteiger partial charge in [-0.25, -0.2) is 18.3 Å². The molecule has 0 spiro atoms. The molecule has 3 aromatic rings. The number of halogens is 2. The van der Waals surface area contributed by atoms with Gasteiger partial charge in [-0.3, -0.25) is 9.97 Å². The first-order chi connectivity index (χ1) is 21.0. The standard InChI is InChI=1S/C33H41F2N7O2/c1-31(2,3)44-30(43)41(17-22-6-7-22)27-5-4-12-40(18-27)26-10-11-29(37-16-26)32(20-33(34,35)21-32)42-19-28(38-39-42)25-13-24(14-36-15-25)23-8-9-23/h10-11,13-16,19,22-23,27H,4-9,12,17-18,20-21H2,1-3H3/t27-/m1/s1. The molecule has 0 N–H and O–H groups in total. The van der Waals surface area contributed by atoms with Gasteiger partial charge in [0.1, 0.15) is 16.8 Å². The number of aromatic nitrogens is 5. The van der Waals surface area contributed by atoms with E-state index < -0.39 is 17.1 Å². The van der Waals surface area contributed by atoms with Crippen LogP contribution in [0.1, 0.15) is 89.3 Å². The van der Waals surface area contributed by atoms with Gasteiger partial charge in [-0.05, 0) is 94.9 Å². The van der Waals surface area contributed by atoms with Crippen molar-refractivity contribution < 1.29 is 18.3 Å². The molecule has 0 bridgehead atoms.